The first-order valence-electron chi connectivity index (χ1n) is 6.19. The fourth-order valence-electron chi connectivity index (χ4n) is 1.79. The van der Waals surface area contributed by atoms with E-state index < -0.39 is 15.8 Å². The molecule has 0 fully saturated rings. The van der Waals surface area contributed by atoms with Crippen molar-refractivity contribution < 1.29 is 12.8 Å². The Balaban J connectivity index is 2.28. The van der Waals surface area contributed by atoms with Crippen LogP contribution in [0.1, 0.15) is 12.6 Å². The highest BCUT2D eigenvalue weighted by Crippen LogP contribution is 2.17. The lowest BCUT2D eigenvalue weighted by Crippen LogP contribution is -2.30. The third-order valence-electron chi connectivity index (χ3n) is 2.87. The van der Waals surface area contributed by atoms with E-state index in [4.69, 9.17) is 0 Å². The van der Waals surface area contributed by atoms with Crippen LogP contribution in [0.5, 0.6) is 0 Å². The maximum Gasteiger partial charge on any atom is 0.243 e. The monoisotopic (exact) mass is 294 g/mol. The minimum atomic E-state index is -3.64. The molecule has 20 heavy (non-hydrogen) atoms. The molecule has 1 aromatic carbocycles. The molecule has 0 spiro atoms. The molecule has 0 aliphatic heterocycles. The highest BCUT2D eigenvalue weighted by molar-refractivity contribution is 7.89. The van der Waals surface area contributed by atoms with Crippen molar-refractivity contribution in [3.8, 4) is 0 Å². The van der Waals surface area contributed by atoms with Gasteiger partial charge in [-0.2, -0.15) is 4.31 Å². The van der Waals surface area contributed by atoms with Crippen molar-refractivity contribution in [2.75, 3.05) is 6.54 Å². The Morgan fingerprint density at radius 3 is 2.40 bits per heavy atom. The van der Waals surface area contributed by atoms with E-state index in [-0.39, 0.29) is 11.4 Å². The Morgan fingerprint density at radius 2 is 1.85 bits per heavy atom. The summed E-state index contributed by atoms with van der Waals surface area (Å²) in [6.07, 6.45) is 1.62. The largest absolute Gasteiger partial charge is 0.260 e. The van der Waals surface area contributed by atoms with Crippen molar-refractivity contribution in [3.05, 3.63) is 60.2 Å². The van der Waals surface area contributed by atoms with Crippen molar-refractivity contribution in [2.45, 2.75) is 18.4 Å². The van der Waals surface area contributed by atoms with Gasteiger partial charge in [0, 0.05) is 12.7 Å². The first-order valence-corrected chi connectivity index (χ1v) is 7.63. The Hall–Kier alpha value is -1.79. The van der Waals surface area contributed by atoms with Crippen LogP contribution in [0.25, 0.3) is 0 Å². The Morgan fingerprint density at radius 1 is 1.15 bits per heavy atom. The molecular weight excluding hydrogens is 279 g/mol. The number of hydrogen-bond acceptors (Lipinski definition) is 3. The van der Waals surface area contributed by atoms with Gasteiger partial charge in [0.05, 0.1) is 17.1 Å². The summed E-state index contributed by atoms with van der Waals surface area (Å²) in [4.78, 5) is 4.20. The molecule has 2 rings (SSSR count). The van der Waals surface area contributed by atoms with Gasteiger partial charge in [-0.25, -0.2) is 12.8 Å². The summed E-state index contributed by atoms with van der Waals surface area (Å²) in [6.45, 7) is 2.26. The quantitative estimate of drug-likeness (QED) is 0.851. The van der Waals surface area contributed by atoms with E-state index in [1.165, 1.54) is 16.4 Å². The SMILES string of the molecule is CCN(Cc1ccccn1)S(=O)(=O)c1ccc(F)cc1. The van der Waals surface area contributed by atoms with E-state index in [9.17, 15) is 12.8 Å². The van der Waals surface area contributed by atoms with E-state index in [0.717, 1.165) is 12.1 Å². The number of pyridine rings is 1. The molecule has 106 valence electrons. The summed E-state index contributed by atoms with van der Waals surface area (Å²) < 4.78 is 39.1. The second kappa shape index (κ2) is 6.11. The molecule has 0 atom stereocenters. The van der Waals surface area contributed by atoms with Crippen LogP contribution in [-0.2, 0) is 16.6 Å². The van der Waals surface area contributed by atoms with Crippen LogP contribution in [0.3, 0.4) is 0 Å². The van der Waals surface area contributed by atoms with E-state index in [2.05, 4.69) is 4.98 Å². The van der Waals surface area contributed by atoms with Gasteiger partial charge in [0.25, 0.3) is 0 Å². The second-order valence-corrected chi connectivity index (χ2v) is 6.14. The zero-order valence-corrected chi connectivity index (χ0v) is 11.8. The van der Waals surface area contributed by atoms with Crippen molar-refractivity contribution in [1.29, 1.82) is 0 Å². The number of rotatable bonds is 5. The molecule has 0 saturated heterocycles. The molecule has 0 saturated carbocycles. The number of aromatic nitrogens is 1. The lowest BCUT2D eigenvalue weighted by molar-refractivity contribution is 0.419. The summed E-state index contributed by atoms with van der Waals surface area (Å²) in [6, 6.07) is 10.2. The molecule has 6 heteroatoms. The molecule has 1 aromatic heterocycles. The number of hydrogen-bond donors (Lipinski definition) is 0. The van der Waals surface area contributed by atoms with Gasteiger partial charge in [-0.05, 0) is 36.4 Å². The molecule has 0 bridgehead atoms. The topological polar surface area (TPSA) is 50.3 Å². The fraction of sp³-hybridized carbons (Fsp3) is 0.214. The minimum Gasteiger partial charge on any atom is -0.260 e. The minimum absolute atomic E-state index is 0.0803. The standard InChI is InChI=1S/C14H15FN2O2S/c1-2-17(11-13-5-3-4-10-16-13)20(18,19)14-8-6-12(15)7-9-14/h3-10H,2,11H2,1H3. The summed E-state index contributed by atoms with van der Waals surface area (Å²) in [7, 11) is -3.64. The van der Waals surface area contributed by atoms with Crippen LogP contribution < -0.4 is 0 Å². The van der Waals surface area contributed by atoms with E-state index in [0.29, 0.717) is 12.2 Å². The van der Waals surface area contributed by atoms with Gasteiger partial charge < -0.3 is 0 Å². The first-order chi connectivity index (χ1) is 9.54. The van der Waals surface area contributed by atoms with Crippen molar-refractivity contribution >= 4 is 10.0 Å². The highest BCUT2D eigenvalue weighted by atomic mass is 32.2. The lowest BCUT2D eigenvalue weighted by Gasteiger charge is -2.20. The predicted molar refractivity (Wildman–Crippen MR) is 73.9 cm³/mol. The predicted octanol–water partition coefficient (Wildman–Crippen LogP) is 2.43. The van der Waals surface area contributed by atoms with Gasteiger partial charge in [-0.1, -0.05) is 13.0 Å². The third-order valence-corrected chi connectivity index (χ3v) is 4.80. The van der Waals surface area contributed by atoms with Crippen molar-refractivity contribution in [3.63, 3.8) is 0 Å². The van der Waals surface area contributed by atoms with Gasteiger partial charge in [-0.3, -0.25) is 4.98 Å². The molecule has 0 aliphatic carbocycles. The summed E-state index contributed by atoms with van der Waals surface area (Å²) in [5.74, 6) is -0.461. The van der Waals surface area contributed by atoms with E-state index in [1.54, 1.807) is 31.3 Å². The highest BCUT2D eigenvalue weighted by Gasteiger charge is 2.23. The fourth-order valence-corrected chi connectivity index (χ4v) is 3.22. The van der Waals surface area contributed by atoms with Gasteiger partial charge in [0.15, 0.2) is 0 Å². The van der Waals surface area contributed by atoms with Crippen LogP contribution in [-0.4, -0.2) is 24.3 Å². The molecule has 2 aromatic rings. The number of nitrogens with zero attached hydrogens (tertiary/aromatic N) is 2. The maximum absolute atomic E-state index is 12.9. The van der Waals surface area contributed by atoms with Crippen LogP contribution in [0.4, 0.5) is 4.39 Å². The van der Waals surface area contributed by atoms with Gasteiger partial charge in [0.2, 0.25) is 10.0 Å². The Bertz CT molecular complexity index is 657. The third kappa shape index (κ3) is 3.20. The summed E-state index contributed by atoms with van der Waals surface area (Å²) >= 11 is 0. The number of benzene rings is 1. The van der Waals surface area contributed by atoms with E-state index >= 15 is 0 Å². The van der Waals surface area contributed by atoms with Crippen LogP contribution >= 0.6 is 0 Å². The molecule has 4 nitrogen and oxygen atoms in total. The number of halogens is 1. The van der Waals surface area contributed by atoms with Crippen LogP contribution in [0.15, 0.2) is 53.6 Å². The summed E-state index contributed by atoms with van der Waals surface area (Å²) in [5.41, 5.74) is 0.667. The zero-order chi connectivity index (χ0) is 14.6. The molecule has 0 unspecified atom stereocenters. The smallest absolute Gasteiger partial charge is 0.243 e. The first kappa shape index (κ1) is 14.6. The molecular formula is C14H15FN2O2S. The second-order valence-electron chi connectivity index (χ2n) is 4.21. The molecule has 0 N–H and O–H groups in total. The Kier molecular flexibility index (Phi) is 4.46. The lowest BCUT2D eigenvalue weighted by atomic mass is 10.3. The average Bonchev–Trinajstić information content (AvgIpc) is 2.46. The normalized spacial score (nSPS) is 11.8. The zero-order valence-electron chi connectivity index (χ0n) is 11.0. The molecule has 0 amide bonds. The van der Waals surface area contributed by atoms with E-state index in [1.807, 2.05) is 0 Å². The summed E-state index contributed by atoms with van der Waals surface area (Å²) in [5, 5.41) is 0. The maximum atomic E-state index is 12.9. The van der Waals surface area contributed by atoms with Gasteiger partial charge in [0.1, 0.15) is 5.82 Å². The van der Waals surface area contributed by atoms with Crippen LogP contribution in [0.2, 0.25) is 0 Å². The van der Waals surface area contributed by atoms with Crippen LogP contribution in [0, 0.1) is 5.82 Å². The van der Waals surface area contributed by atoms with Crippen molar-refractivity contribution in [1.82, 2.24) is 9.29 Å². The van der Waals surface area contributed by atoms with Gasteiger partial charge >= 0.3 is 0 Å². The van der Waals surface area contributed by atoms with Gasteiger partial charge in [-0.15, -0.1) is 0 Å². The average molecular weight is 294 g/mol. The molecule has 0 radical (unpaired) electrons. The van der Waals surface area contributed by atoms with Crippen molar-refractivity contribution in [2.24, 2.45) is 0 Å². The molecule has 0 aliphatic rings. The number of sulfonamides is 1. The molecule has 1 heterocycles. The Labute approximate surface area is 117 Å².